The third-order valence-electron chi connectivity index (χ3n) is 3.10. The van der Waals surface area contributed by atoms with Crippen LogP contribution in [-0.2, 0) is 0 Å². The highest BCUT2D eigenvalue weighted by atomic mass is 16.2. The van der Waals surface area contributed by atoms with E-state index in [2.05, 4.69) is 9.97 Å². The van der Waals surface area contributed by atoms with E-state index in [9.17, 15) is 9.59 Å². The van der Waals surface area contributed by atoms with Gasteiger partial charge < -0.3 is 9.88 Å². The van der Waals surface area contributed by atoms with E-state index in [-0.39, 0.29) is 11.6 Å². The van der Waals surface area contributed by atoms with Crippen LogP contribution in [-0.4, -0.2) is 33.9 Å². The van der Waals surface area contributed by atoms with Gasteiger partial charge in [-0.3, -0.25) is 4.79 Å². The number of amides is 1. The Bertz CT molecular complexity index is 646. The Morgan fingerprint density at radius 1 is 1.20 bits per heavy atom. The number of rotatable bonds is 4. The number of nitrogens with zero attached hydrogens (tertiary/aromatic N) is 2. The van der Waals surface area contributed by atoms with Gasteiger partial charge in [0, 0.05) is 18.7 Å². The van der Waals surface area contributed by atoms with Crippen molar-refractivity contribution in [3.8, 4) is 11.3 Å². The highest BCUT2D eigenvalue weighted by molar-refractivity contribution is 5.93. The van der Waals surface area contributed by atoms with Gasteiger partial charge >= 0.3 is 5.69 Å². The Hall–Kier alpha value is -2.43. The molecule has 1 N–H and O–H groups in total. The zero-order valence-electron chi connectivity index (χ0n) is 11.6. The Balaban J connectivity index is 2.44. The van der Waals surface area contributed by atoms with E-state index < -0.39 is 5.69 Å². The predicted molar refractivity (Wildman–Crippen MR) is 77.5 cm³/mol. The molecule has 0 spiro atoms. The summed E-state index contributed by atoms with van der Waals surface area (Å²) in [5.41, 5.74) is 1.08. The van der Waals surface area contributed by atoms with Crippen LogP contribution in [0.15, 0.2) is 41.2 Å². The number of nitrogens with one attached hydrogen (secondary N) is 1. The van der Waals surface area contributed by atoms with Gasteiger partial charge in [-0.1, -0.05) is 30.3 Å². The molecule has 0 saturated heterocycles. The maximum Gasteiger partial charge on any atom is 0.346 e. The van der Waals surface area contributed by atoms with Crippen LogP contribution < -0.4 is 5.69 Å². The summed E-state index contributed by atoms with van der Waals surface area (Å²) in [5, 5.41) is 0. The molecule has 20 heavy (non-hydrogen) atoms. The number of aromatic amines is 1. The van der Waals surface area contributed by atoms with E-state index in [4.69, 9.17) is 0 Å². The Kier molecular flexibility index (Phi) is 4.30. The Morgan fingerprint density at radius 3 is 2.45 bits per heavy atom. The van der Waals surface area contributed by atoms with Gasteiger partial charge in [0.05, 0.1) is 5.69 Å². The van der Waals surface area contributed by atoms with E-state index in [0.29, 0.717) is 18.8 Å². The number of carbonyl (C=O) groups excluding carboxylic acids is 1. The van der Waals surface area contributed by atoms with Crippen LogP contribution in [0.1, 0.15) is 24.3 Å². The molecule has 1 aromatic heterocycles. The van der Waals surface area contributed by atoms with Crippen molar-refractivity contribution in [3.63, 3.8) is 0 Å². The van der Waals surface area contributed by atoms with Crippen molar-refractivity contribution in [1.82, 2.24) is 14.9 Å². The number of hydrogen-bond acceptors (Lipinski definition) is 3. The first-order valence-corrected chi connectivity index (χ1v) is 6.61. The summed E-state index contributed by atoms with van der Waals surface area (Å²) in [6, 6.07) is 10.9. The second-order valence-electron chi connectivity index (χ2n) is 4.33. The zero-order valence-corrected chi connectivity index (χ0v) is 11.6. The minimum atomic E-state index is -0.512. The second-order valence-corrected chi connectivity index (χ2v) is 4.33. The fourth-order valence-electron chi connectivity index (χ4n) is 2.01. The highest BCUT2D eigenvalue weighted by Crippen LogP contribution is 2.15. The maximum atomic E-state index is 12.3. The van der Waals surface area contributed by atoms with E-state index in [1.54, 1.807) is 11.0 Å². The summed E-state index contributed by atoms with van der Waals surface area (Å²) < 4.78 is 0. The monoisotopic (exact) mass is 271 g/mol. The van der Waals surface area contributed by atoms with Crippen molar-refractivity contribution in [2.75, 3.05) is 13.1 Å². The number of benzene rings is 1. The molecule has 1 aromatic carbocycles. The van der Waals surface area contributed by atoms with Gasteiger partial charge in [-0.25, -0.2) is 4.79 Å². The lowest BCUT2D eigenvalue weighted by atomic mass is 10.1. The second kappa shape index (κ2) is 6.14. The van der Waals surface area contributed by atoms with Gasteiger partial charge in [0.15, 0.2) is 0 Å². The first-order valence-electron chi connectivity index (χ1n) is 6.61. The van der Waals surface area contributed by atoms with Crippen LogP contribution in [0.5, 0.6) is 0 Å². The lowest BCUT2D eigenvalue weighted by Crippen LogP contribution is -2.32. The molecule has 104 valence electrons. The fourth-order valence-corrected chi connectivity index (χ4v) is 2.01. The molecule has 0 radical (unpaired) electrons. The SMILES string of the molecule is CCN(CC)C(=O)c1cc(-c2ccccc2)nc(=O)[nH]1. The minimum absolute atomic E-state index is 0.188. The molecule has 0 atom stereocenters. The van der Waals surface area contributed by atoms with Crippen molar-refractivity contribution >= 4 is 5.91 Å². The van der Waals surface area contributed by atoms with Crippen LogP contribution in [0, 0.1) is 0 Å². The molecule has 0 saturated carbocycles. The average molecular weight is 271 g/mol. The molecular formula is C15H17N3O2. The molecule has 0 bridgehead atoms. The van der Waals surface area contributed by atoms with E-state index >= 15 is 0 Å². The van der Waals surface area contributed by atoms with Crippen LogP contribution in [0.25, 0.3) is 11.3 Å². The normalized spacial score (nSPS) is 10.3. The molecule has 1 heterocycles. The third-order valence-corrected chi connectivity index (χ3v) is 3.10. The van der Waals surface area contributed by atoms with Crippen molar-refractivity contribution < 1.29 is 4.79 Å². The van der Waals surface area contributed by atoms with Gasteiger partial charge in [-0.2, -0.15) is 4.98 Å². The fraction of sp³-hybridized carbons (Fsp3) is 0.267. The Labute approximate surface area is 117 Å². The third kappa shape index (κ3) is 2.93. The highest BCUT2D eigenvalue weighted by Gasteiger charge is 2.15. The molecule has 0 fully saturated rings. The van der Waals surface area contributed by atoms with Crippen molar-refractivity contribution in [3.05, 3.63) is 52.6 Å². The first-order chi connectivity index (χ1) is 9.65. The predicted octanol–water partition coefficient (Wildman–Crippen LogP) is 1.92. The molecule has 5 heteroatoms. The summed E-state index contributed by atoms with van der Waals surface area (Å²) >= 11 is 0. The smallest absolute Gasteiger partial charge is 0.338 e. The molecular weight excluding hydrogens is 254 g/mol. The van der Waals surface area contributed by atoms with Gasteiger partial charge in [0.1, 0.15) is 5.69 Å². The first kappa shape index (κ1) is 14.0. The number of carbonyl (C=O) groups is 1. The molecule has 5 nitrogen and oxygen atoms in total. The quantitative estimate of drug-likeness (QED) is 0.923. The van der Waals surface area contributed by atoms with Gasteiger partial charge in [-0.05, 0) is 19.9 Å². The summed E-state index contributed by atoms with van der Waals surface area (Å²) in [6.07, 6.45) is 0. The minimum Gasteiger partial charge on any atom is -0.338 e. The molecule has 2 rings (SSSR count). The van der Waals surface area contributed by atoms with Crippen molar-refractivity contribution in [2.24, 2.45) is 0 Å². The summed E-state index contributed by atoms with van der Waals surface area (Å²) in [5.74, 6) is -0.188. The standard InChI is InChI=1S/C15H17N3O2/c1-3-18(4-2)14(19)13-10-12(16-15(20)17-13)11-8-6-5-7-9-11/h5-10H,3-4H2,1-2H3,(H,16,17,20). The topological polar surface area (TPSA) is 66.1 Å². The summed E-state index contributed by atoms with van der Waals surface area (Å²) in [7, 11) is 0. The molecule has 1 amide bonds. The molecule has 0 aliphatic carbocycles. The Morgan fingerprint density at radius 2 is 1.85 bits per heavy atom. The molecule has 2 aromatic rings. The summed E-state index contributed by atoms with van der Waals surface area (Å²) in [4.78, 5) is 32.0. The van der Waals surface area contributed by atoms with Gasteiger partial charge in [0.25, 0.3) is 5.91 Å². The molecule has 0 aliphatic heterocycles. The van der Waals surface area contributed by atoms with Crippen molar-refractivity contribution in [2.45, 2.75) is 13.8 Å². The van der Waals surface area contributed by atoms with Crippen molar-refractivity contribution in [1.29, 1.82) is 0 Å². The maximum absolute atomic E-state index is 12.3. The lowest BCUT2D eigenvalue weighted by Gasteiger charge is -2.18. The number of hydrogen-bond donors (Lipinski definition) is 1. The van der Waals surface area contributed by atoms with Crippen LogP contribution in [0.3, 0.4) is 0 Å². The molecule has 0 aliphatic rings. The lowest BCUT2D eigenvalue weighted by molar-refractivity contribution is 0.0766. The van der Waals surface area contributed by atoms with E-state index in [1.807, 2.05) is 44.2 Å². The summed E-state index contributed by atoms with van der Waals surface area (Å²) in [6.45, 7) is 5.00. The van der Waals surface area contributed by atoms with Gasteiger partial charge in [0.2, 0.25) is 0 Å². The van der Waals surface area contributed by atoms with Crippen LogP contribution in [0.2, 0.25) is 0 Å². The van der Waals surface area contributed by atoms with E-state index in [0.717, 1.165) is 5.56 Å². The average Bonchev–Trinajstić information content (AvgIpc) is 2.48. The largest absolute Gasteiger partial charge is 0.346 e. The van der Waals surface area contributed by atoms with E-state index in [1.165, 1.54) is 0 Å². The van der Waals surface area contributed by atoms with Gasteiger partial charge in [-0.15, -0.1) is 0 Å². The van der Waals surface area contributed by atoms with Crippen LogP contribution in [0.4, 0.5) is 0 Å². The molecule has 0 unspecified atom stereocenters. The number of aromatic nitrogens is 2. The van der Waals surface area contributed by atoms with Crippen LogP contribution >= 0.6 is 0 Å². The zero-order chi connectivity index (χ0) is 14.5. The number of H-pyrrole nitrogens is 1.